The van der Waals surface area contributed by atoms with E-state index in [4.69, 9.17) is 20.8 Å². The normalized spacial score (nSPS) is 11.6. The fraction of sp³-hybridized carbons (Fsp3) is 0.273. The molecule has 0 aliphatic carbocycles. The molecule has 27 heavy (non-hydrogen) atoms. The van der Waals surface area contributed by atoms with Crippen molar-refractivity contribution in [2.24, 2.45) is 0 Å². The minimum atomic E-state index is -0.590. The molecule has 0 bridgehead atoms. The molecule has 0 N–H and O–H groups in total. The van der Waals surface area contributed by atoms with Gasteiger partial charge in [0, 0.05) is 17.5 Å². The number of hydrogen-bond donors (Lipinski definition) is 0. The van der Waals surface area contributed by atoms with E-state index in [9.17, 15) is 9.59 Å². The fourth-order valence-corrected chi connectivity index (χ4v) is 3.01. The number of rotatable bonds is 2. The van der Waals surface area contributed by atoms with Crippen molar-refractivity contribution < 1.29 is 13.9 Å². The quantitative estimate of drug-likeness (QED) is 0.536. The van der Waals surface area contributed by atoms with Gasteiger partial charge < -0.3 is 9.15 Å². The van der Waals surface area contributed by atoms with Gasteiger partial charge in [-0.1, -0.05) is 56.6 Å². The highest BCUT2D eigenvalue weighted by atomic mass is 35.5. The molecule has 140 valence electrons. The predicted octanol–water partition coefficient (Wildman–Crippen LogP) is 5.64. The molecule has 0 amide bonds. The van der Waals surface area contributed by atoms with E-state index in [2.05, 4.69) is 20.8 Å². The summed E-state index contributed by atoms with van der Waals surface area (Å²) in [6.45, 7) is 9.44. The Morgan fingerprint density at radius 3 is 2.30 bits per heavy atom. The highest BCUT2D eigenvalue weighted by molar-refractivity contribution is 6.32. The van der Waals surface area contributed by atoms with Crippen LogP contribution in [0.25, 0.3) is 22.3 Å². The number of benzene rings is 2. The predicted molar refractivity (Wildman–Crippen MR) is 108 cm³/mol. The Labute approximate surface area is 162 Å². The van der Waals surface area contributed by atoms with Gasteiger partial charge in [-0.3, -0.25) is 9.59 Å². The van der Waals surface area contributed by atoms with Crippen molar-refractivity contribution in [1.82, 2.24) is 0 Å². The first-order valence-electron chi connectivity index (χ1n) is 8.64. The van der Waals surface area contributed by atoms with Gasteiger partial charge in [-0.2, -0.15) is 0 Å². The molecule has 0 atom stereocenters. The Bertz CT molecular complexity index is 1090. The lowest BCUT2D eigenvalue weighted by Crippen LogP contribution is -2.14. The van der Waals surface area contributed by atoms with E-state index >= 15 is 0 Å². The second kappa shape index (κ2) is 6.86. The van der Waals surface area contributed by atoms with Crippen LogP contribution in [0.4, 0.5) is 0 Å². The highest BCUT2D eigenvalue weighted by Crippen LogP contribution is 2.34. The van der Waals surface area contributed by atoms with Crippen LogP contribution in [0, 0.1) is 6.92 Å². The third kappa shape index (κ3) is 3.76. The van der Waals surface area contributed by atoms with Crippen LogP contribution >= 0.6 is 11.6 Å². The molecule has 4 nitrogen and oxygen atoms in total. The first-order chi connectivity index (χ1) is 12.6. The van der Waals surface area contributed by atoms with E-state index in [1.807, 2.05) is 31.2 Å². The molecule has 0 saturated heterocycles. The van der Waals surface area contributed by atoms with Crippen LogP contribution in [0.5, 0.6) is 5.75 Å². The number of esters is 1. The summed E-state index contributed by atoms with van der Waals surface area (Å²) in [5, 5.41) is 0.725. The van der Waals surface area contributed by atoms with Crippen molar-refractivity contribution >= 4 is 28.5 Å². The van der Waals surface area contributed by atoms with Gasteiger partial charge in [0.15, 0.2) is 5.76 Å². The van der Waals surface area contributed by atoms with Gasteiger partial charge in [0.2, 0.25) is 11.2 Å². The van der Waals surface area contributed by atoms with Crippen LogP contribution < -0.4 is 10.2 Å². The second-order valence-electron chi connectivity index (χ2n) is 7.61. The molecule has 0 aliphatic rings. The Balaban J connectivity index is 2.28. The van der Waals surface area contributed by atoms with Crippen molar-refractivity contribution in [2.45, 2.75) is 40.0 Å². The molecular formula is C22H21ClO4. The van der Waals surface area contributed by atoms with Gasteiger partial charge in [0.25, 0.3) is 0 Å². The second-order valence-corrected chi connectivity index (χ2v) is 8.02. The van der Waals surface area contributed by atoms with E-state index in [1.165, 1.54) is 13.0 Å². The number of aryl methyl sites for hydroxylation is 1. The molecule has 0 unspecified atom stereocenters. The van der Waals surface area contributed by atoms with Gasteiger partial charge in [-0.25, -0.2) is 0 Å². The van der Waals surface area contributed by atoms with Crippen LogP contribution in [-0.4, -0.2) is 5.97 Å². The third-order valence-electron chi connectivity index (χ3n) is 4.39. The third-order valence-corrected chi connectivity index (χ3v) is 4.80. The average molecular weight is 385 g/mol. The lowest BCUT2D eigenvalue weighted by molar-refractivity contribution is -0.131. The monoisotopic (exact) mass is 384 g/mol. The Kier molecular flexibility index (Phi) is 4.87. The zero-order valence-electron chi connectivity index (χ0n) is 16.0. The van der Waals surface area contributed by atoms with Crippen LogP contribution in [-0.2, 0) is 10.2 Å². The maximum Gasteiger partial charge on any atom is 0.308 e. The minimum Gasteiger partial charge on any atom is -0.452 e. The molecular weight excluding hydrogens is 364 g/mol. The summed E-state index contributed by atoms with van der Waals surface area (Å²) in [6.07, 6.45) is 0. The molecule has 0 saturated carbocycles. The highest BCUT2D eigenvalue weighted by Gasteiger charge is 2.21. The van der Waals surface area contributed by atoms with Gasteiger partial charge >= 0.3 is 5.97 Å². The molecule has 1 heterocycles. The summed E-state index contributed by atoms with van der Waals surface area (Å²) < 4.78 is 11.2. The van der Waals surface area contributed by atoms with Crippen molar-refractivity contribution in [3.63, 3.8) is 0 Å². The molecule has 0 aliphatic heterocycles. The van der Waals surface area contributed by atoms with Crippen molar-refractivity contribution in [3.05, 3.63) is 62.8 Å². The number of hydrogen-bond acceptors (Lipinski definition) is 4. The van der Waals surface area contributed by atoms with E-state index < -0.39 is 11.4 Å². The van der Waals surface area contributed by atoms with Crippen LogP contribution in [0.3, 0.4) is 0 Å². The summed E-state index contributed by atoms with van der Waals surface area (Å²) in [5.74, 6) is -0.490. The van der Waals surface area contributed by atoms with E-state index in [1.54, 1.807) is 6.07 Å². The summed E-state index contributed by atoms with van der Waals surface area (Å²) in [4.78, 5) is 24.5. The Morgan fingerprint density at radius 1 is 1.11 bits per heavy atom. The number of carbonyl (C=O) groups is 1. The molecule has 3 aromatic rings. The number of ether oxygens (including phenoxy) is 1. The topological polar surface area (TPSA) is 56.5 Å². The summed E-state index contributed by atoms with van der Waals surface area (Å²) in [7, 11) is 0. The van der Waals surface area contributed by atoms with E-state index in [-0.39, 0.29) is 22.3 Å². The van der Waals surface area contributed by atoms with Gasteiger partial charge in [0.05, 0.1) is 5.39 Å². The zero-order chi connectivity index (χ0) is 19.9. The van der Waals surface area contributed by atoms with Gasteiger partial charge in [-0.05, 0) is 35.6 Å². The lowest BCUT2D eigenvalue weighted by atomic mass is 9.86. The SMILES string of the molecule is CC(=O)Oc1c(-c2ccc(C(C)(C)C)cc2)oc2cc(C)c(Cl)cc2c1=O. The molecule has 5 heteroatoms. The molecule has 2 aromatic carbocycles. The smallest absolute Gasteiger partial charge is 0.308 e. The molecule has 1 aromatic heterocycles. The van der Waals surface area contributed by atoms with Crippen molar-refractivity contribution in [2.75, 3.05) is 0 Å². The molecule has 3 rings (SSSR count). The van der Waals surface area contributed by atoms with Crippen LogP contribution in [0.15, 0.2) is 45.6 Å². The average Bonchev–Trinajstić information content (AvgIpc) is 2.58. The van der Waals surface area contributed by atoms with E-state index in [0.29, 0.717) is 16.2 Å². The van der Waals surface area contributed by atoms with Gasteiger partial charge in [0.1, 0.15) is 5.58 Å². The standard InChI is InChI=1S/C22H21ClO4/c1-12-10-18-16(11-17(12)23)19(25)21(26-13(2)24)20(27-18)14-6-8-15(9-7-14)22(3,4)5/h6-11H,1-5H3. The number of halogens is 1. The summed E-state index contributed by atoms with van der Waals surface area (Å²) >= 11 is 6.15. The van der Waals surface area contributed by atoms with Crippen molar-refractivity contribution in [3.8, 4) is 17.1 Å². The Hall–Kier alpha value is -2.59. The first-order valence-corrected chi connectivity index (χ1v) is 9.02. The van der Waals surface area contributed by atoms with E-state index in [0.717, 1.165) is 11.1 Å². The van der Waals surface area contributed by atoms with Crippen LogP contribution in [0.2, 0.25) is 5.02 Å². The molecule has 0 radical (unpaired) electrons. The fourth-order valence-electron chi connectivity index (χ4n) is 2.85. The largest absolute Gasteiger partial charge is 0.452 e. The van der Waals surface area contributed by atoms with Crippen molar-refractivity contribution in [1.29, 1.82) is 0 Å². The molecule has 0 spiro atoms. The molecule has 0 fully saturated rings. The van der Waals surface area contributed by atoms with Gasteiger partial charge in [-0.15, -0.1) is 0 Å². The Morgan fingerprint density at radius 2 is 1.74 bits per heavy atom. The number of carbonyl (C=O) groups excluding carboxylic acids is 1. The first kappa shape index (κ1) is 19.2. The maximum absolute atomic E-state index is 13.0. The zero-order valence-corrected chi connectivity index (χ0v) is 16.7. The number of fused-ring (bicyclic) bond motifs is 1. The summed E-state index contributed by atoms with van der Waals surface area (Å²) in [6, 6.07) is 10.9. The summed E-state index contributed by atoms with van der Waals surface area (Å²) in [5.41, 5.74) is 2.56. The lowest BCUT2D eigenvalue weighted by Gasteiger charge is -2.19. The van der Waals surface area contributed by atoms with Crippen LogP contribution in [0.1, 0.15) is 38.8 Å². The maximum atomic E-state index is 13.0. The minimum absolute atomic E-state index is 0.00464.